The number of rotatable bonds is 9. The summed E-state index contributed by atoms with van der Waals surface area (Å²) in [6, 6.07) is 22.4. The van der Waals surface area contributed by atoms with Gasteiger partial charge in [0.25, 0.3) is 0 Å². The van der Waals surface area contributed by atoms with Crippen molar-refractivity contribution >= 4 is 35.4 Å². The third-order valence-corrected chi connectivity index (χ3v) is 4.58. The van der Waals surface area contributed by atoms with Crippen LogP contribution in [0.15, 0.2) is 77.9 Å². The van der Waals surface area contributed by atoms with E-state index in [9.17, 15) is 5.11 Å². The first-order valence-electron chi connectivity index (χ1n) is 10.3. The number of hydrazone groups is 1. The van der Waals surface area contributed by atoms with Gasteiger partial charge in [-0.2, -0.15) is 20.1 Å². The lowest BCUT2D eigenvalue weighted by atomic mass is 10.2. The number of methoxy groups -OCH3 is 2. The maximum Gasteiger partial charge on any atom is 0.250 e. The summed E-state index contributed by atoms with van der Waals surface area (Å²) in [5.41, 5.74) is 5.12. The number of aromatic nitrogens is 3. The summed E-state index contributed by atoms with van der Waals surface area (Å²) >= 11 is 0. The standard InChI is InChI=1S/C24H23N7O3/c1-33-19-13-16(14-20(34-2)21(19)32)15-25-31-24-29-22(26-17-9-5-3-6-10-17)28-23(30-24)27-18-11-7-4-8-12-18/h3-15,32H,1-2H3,(H3,26,27,28,29,30,31). The van der Waals surface area contributed by atoms with E-state index in [1.54, 1.807) is 12.1 Å². The number of ether oxygens (including phenoxy) is 2. The van der Waals surface area contributed by atoms with E-state index in [0.717, 1.165) is 11.4 Å². The predicted molar refractivity (Wildman–Crippen MR) is 132 cm³/mol. The number of para-hydroxylation sites is 2. The number of aromatic hydroxyl groups is 1. The van der Waals surface area contributed by atoms with Crippen LogP contribution in [0.2, 0.25) is 0 Å². The lowest BCUT2D eigenvalue weighted by Gasteiger charge is -2.10. The average molecular weight is 457 g/mol. The molecular weight excluding hydrogens is 434 g/mol. The molecule has 0 aliphatic heterocycles. The number of benzene rings is 3. The Morgan fingerprint density at radius 3 is 1.68 bits per heavy atom. The first kappa shape index (κ1) is 22.3. The summed E-state index contributed by atoms with van der Waals surface area (Å²) in [7, 11) is 2.92. The van der Waals surface area contributed by atoms with Crippen molar-refractivity contribution in [3.05, 3.63) is 78.4 Å². The normalized spacial score (nSPS) is 10.6. The molecule has 0 bridgehead atoms. The third-order valence-electron chi connectivity index (χ3n) is 4.58. The molecule has 172 valence electrons. The van der Waals surface area contributed by atoms with Crippen LogP contribution in [0.4, 0.5) is 29.2 Å². The van der Waals surface area contributed by atoms with E-state index in [1.807, 2.05) is 60.7 Å². The largest absolute Gasteiger partial charge is 0.502 e. The van der Waals surface area contributed by atoms with Crippen LogP contribution in [0.3, 0.4) is 0 Å². The molecule has 0 atom stereocenters. The Balaban J connectivity index is 1.58. The van der Waals surface area contributed by atoms with Crippen molar-refractivity contribution in [3.63, 3.8) is 0 Å². The highest BCUT2D eigenvalue weighted by atomic mass is 16.5. The Labute approximate surface area is 196 Å². The topological polar surface area (TPSA) is 126 Å². The molecular formula is C24H23N7O3. The van der Waals surface area contributed by atoms with E-state index in [2.05, 4.69) is 36.1 Å². The maximum atomic E-state index is 10.1. The number of phenolic OH excluding ortho intramolecular Hbond substituents is 1. The molecule has 0 saturated carbocycles. The second-order valence-corrected chi connectivity index (χ2v) is 6.93. The Kier molecular flexibility index (Phi) is 6.99. The first-order valence-corrected chi connectivity index (χ1v) is 10.3. The smallest absolute Gasteiger partial charge is 0.250 e. The van der Waals surface area contributed by atoms with E-state index in [4.69, 9.17) is 9.47 Å². The van der Waals surface area contributed by atoms with Gasteiger partial charge in [0.1, 0.15) is 0 Å². The van der Waals surface area contributed by atoms with Crippen molar-refractivity contribution in [2.75, 3.05) is 30.3 Å². The van der Waals surface area contributed by atoms with Gasteiger partial charge >= 0.3 is 0 Å². The van der Waals surface area contributed by atoms with Crippen LogP contribution in [0.1, 0.15) is 5.56 Å². The molecule has 0 saturated heterocycles. The summed E-state index contributed by atoms with van der Waals surface area (Å²) in [5, 5.41) is 20.6. The van der Waals surface area contributed by atoms with Crippen LogP contribution in [-0.4, -0.2) is 40.5 Å². The molecule has 0 amide bonds. The molecule has 0 fully saturated rings. The Bertz CT molecular complexity index is 1180. The molecule has 0 spiro atoms. The highest BCUT2D eigenvalue weighted by Gasteiger charge is 2.11. The third kappa shape index (κ3) is 5.68. The highest BCUT2D eigenvalue weighted by Crippen LogP contribution is 2.36. The van der Waals surface area contributed by atoms with Gasteiger partial charge < -0.3 is 25.2 Å². The second kappa shape index (κ2) is 10.6. The van der Waals surface area contributed by atoms with Gasteiger partial charge in [0.2, 0.25) is 23.6 Å². The molecule has 10 heteroatoms. The SMILES string of the molecule is COc1cc(C=NNc2nc(Nc3ccccc3)nc(Nc3ccccc3)n2)cc(OC)c1O. The quantitative estimate of drug-likeness (QED) is 0.212. The minimum absolute atomic E-state index is 0.0826. The van der Waals surface area contributed by atoms with Gasteiger partial charge in [-0.25, -0.2) is 5.43 Å². The van der Waals surface area contributed by atoms with Crippen LogP contribution >= 0.6 is 0 Å². The molecule has 4 rings (SSSR count). The van der Waals surface area contributed by atoms with Gasteiger partial charge in [-0.15, -0.1) is 0 Å². The summed E-state index contributed by atoms with van der Waals surface area (Å²) < 4.78 is 10.4. The monoisotopic (exact) mass is 457 g/mol. The van der Waals surface area contributed by atoms with Crippen molar-refractivity contribution in [1.82, 2.24) is 15.0 Å². The second-order valence-electron chi connectivity index (χ2n) is 6.93. The summed E-state index contributed by atoms with van der Waals surface area (Å²) in [4.78, 5) is 13.2. The number of hydrogen-bond donors (Lipinski definition) is 4. The molecule has 4 N–H and O–H groups in total. The van der Waals surface area contributed by atoms with Crippen molar-refractivity contribution in [2.45, 2.75) is 0 Å². The predicted octanol–water partition coefficient (Wildman–Crippen LogP) is 4.53. The summed E-state index contributed by atoms with van der Waals surface area (Å²) in [5.74, 6) is 1.35. The van der Waals surface area contributed by atoms with Gasteiger partial charge in [0.05, 0.1) is 20.4 Å². The minimum Gasteiger partial charge on any atom is -0.502 e. The zero-order valence-corrected chi connectivity index (χ0v) is 18.6. The fraction of sp³-hybridized carbons (Fsp3) is 0.0833. The van der Waals surface area contributed by atoms with Gasteiger partial charge in [0.15, 0.2) is 11.5 Å². The molecule has 4 aromatic rings. The van der Waals surface area contributed by atoms with Gasteiger partial charge in [0, 0.05) is 16.9 Å². The van der Waals surface area contributed by atoms with Gasteiger partial charge in [-0.05, 0) is 36.4 Å². The molecule has 34 heavy (non-hydrogen) atoms. The number of nitrogens with one attached hydrogen (secondary N) is 3. The molecule has 1 heterocycles. The van der Waals surface area contributed by atoms with Crippen molar-refractivity contribution in [2.24, 2.45) is 5.10 Å². The molecule has 3 aromatic carbocycles. The van der Waals surface area contributed by atoms with Crippen molar-refractivity contribution < 1.29 is 14.6 Å². The van der Waals surface area contributed by atoms with E-state index < -0.39 is 0 Å². The van der Waals surface area contributed by atoms with Crippen LogP contribution in [0, 0.1) is 0 Å². The van der Waals surface area contributed by atoms with Crippen LogP contribution in [0.5, 0.6) is 17.2 Å². The molecule has 0 aliphatic carbocycles. The number of hydrogen-bond acceptors (Lipinski definition) is 10. The Hall–Kier alpha value is -4.86. The zero-order valence-electron chi connectivity index (χ0n) is 18.6. The molecule has 10 nitrogen and oxygen atoms in total. The Morgan fingerprint density at radius 2 is 1.21 bits per heavy atom. The molecule has 0 radical (unpaired) electrons. The molecule has 0 unspecified atom stereocenters. The van der Waals surface area contributed by atoms with Gasteiger partial charge in [-0.1, -0.05) is 36.4 Å². The number of anilines is 5. The van der Waals surface area contributed by atoms with E-state index in [-0.39, 0.29) is 23.2 Å². The Morgan fingerprint density at radius 1 is 0.735 bits per heavy atom. The summed E-state index contributed by atoms with van der Waals surface area (Å²) in [6.45, 7) is 0. The maximum absolute atomic E-state index is 10.1. The molecule has 1 aromatic heterocycles. The fourth-order valence-electron chi connectivity index (χ4n) is 2.99. The first-order chi connectivity index (χ1) is 16.6. The van der Waals surface area contributed by atoms with Crippen molar-refractivity contribution in [3.8, 4) is 17.2 Å². The van der Waals surface area contributed by atoms with Gasteiger partial charge in [-0.3, -0.25) is 0 Å². The van der Waals surface area contributed by atoms with Crippen molar-refractivity contribution in [1.29, 1.82) is 0 Å². The number of phenols is 1. The lowest BCUT2D eigenvalue weighted by Crippen LogP contribution is -2.07. The average Bonchev–Trinajstić information content (AvgIpc) is 2.86. The van der Waals surface area contributed by atoms with Crippen LogP contribution in [-0.2, 0) is 0 Å². The summed E-state index contributed by atoms with van der Waals surface area (Å²) in [6.07, 6.45) is 1.53. The lowest BCUT2D eigenvalue weighted by molar-refractivity contribution is 0.340. The van der Waals surface area contributed by atoms with Crippen LogP contribution in [0.25, 0.3) is 0 Å². The van der Waals surface area contributed by atoms with E-state index in [0.29, 0.717) is 17.5 Å². The zero-order chi connectivity index (χ0) is 23.8. The fourth-order valence-corrected chi connectivity index (χ4v) is 2.99. The minimum atomic E-state index is -0.0826. The van der Waals surface area contributed by atoms with Crippen LogP contribution < -0.4 is 25.5 Å². The number of nitrogens with zero attached hydrogens (tertiary/aromatic N) is 4. The van der Waals surface area contributed by atoms with E-state index in [1.165, 1.54) is 20.4 Å². The highest BCUT2D eigenvalue weighted by molar-refractivity contribution is 5.82. The molecule has 0 aliphatic rings. The van der Waals surface area contributed by atoms with E-state index >= 15 is 0 Å².